The van der Waals surface area contributed by atoms with E-state index >= 15 is 0 Å². The minimum absolute atomic E-state index is 0.150. The lowest BCUT2D eigenvalue weighted by Gasteiger charge is -2.55. The molecule has 39 heavy (non-hydrogen) atoms. The van der Waals surface area contributed by atoms with Gasteiger partial charge >= 0.3 is 5.97 Å². The van der Waals surface area contributed by atoms with Crippen molar-refractivity contribution in [1.82, 2.24) is 15.3 Å². The molecule has 6 rings (SSSR count). The van der Waals surface area contributed by atoms with Crippen LogP contribution in [0.15, 0.2) is 36.4 Å². The summed E-state index contributed by atoms with van der Waals surface area (Å²) in [4.78, 5) is 22.5. The molecular formula is C31H42N3O4P. The summed E-state index contributed by atoms with van der Waals surface area (Å²) >= 11 is 0. The number of carboxylic acid groups (broad SMARTS) is 1. The van der Waals surface area contributed by atoms with E-state index in [2.05, 4.69) is 67.8 Å². The zero-order valence-electron chi connectivity index (χ0n) is 23.2. The van der Waals surface area contributed by atoms with Crippen molar-refractivity contribution in [3.8, 4) is 16.9 Å². The molecule has 0 radical (unpaired) electrons. The minimum atomic E-state index is -0.676. The predicted octanol–water partition coefficient (Wildman–Crippen LogP) is 4.37. The third-order valence-corrected chi connectivity index (χ3v) is 9.70. The van der Waals surface area contributed by atoms with E-state index in [4.69, 9.17) is 9.57 Å². The maximum absolute atomic E-state index is 11.7. The van der Waals surface area contributed by atoms with Crippen molar-refractivity contribution in [2.75, 3.05) is 39.4 Å². The Bertz CT molecular complexity index is 1200. The number of carbonyl (C=O) groups is 1. The molecule has 2 unspecified atom stereocenters. The molecule has 0 aromatic heterocycles. The molecule has 2 aromatic rings. The fraction of sp³-hybridized carbons (Fsp3) is 0.581. The lowest BCUT2D eigenvalue weighted by Crippen LogP contribution is -2.66. The van der Waals surface area contributed by atoms with E-state index in [9.17, 15) is 9.90 Å². The fourth-order valence-electron chi connectivity index (χ4n) is 6.77. The summed E-state index contributed by atoms with van der Waals surface area (Å²) in [5.41, 5.74) is 8.07. The number of carboxylic acids is 1. The molecule has 1 spiro atoms. The van der Waals surface area contributed by atoms with Gasteiger partial charge in [-0.2, -0.15) is 5.48 Å². The Balaban J connectivity index is 1.13. The lowest BCUT2D eigenvalue weighted by atomic mass is 9.74. The Kier molecular flexibility index (Phi) is 7.49. The van der Waals surface area contributed by atoms with Crippen molar-refractivity contribution < 1.29 is 19.5 Å². The Labute approximate surface area is 234 Å². The number of piperidine rings is 1. The van der Waals surface area contributed by atoms with Crippen molar-refractivity contribution in [3.63, 3.8) is 0 Å². The van der Waals surface area contributed by atoms with E-state index in [0.29, 0.717) is 25.4 Å². The zero-order valence-corrected chi connectivity index (χ0v) is 24.4. The highest BCUT2D eigenvalue weighted by Crippen LogP contribution is 2.49. The number of nitrogens with zero attached hydrogens (tertiary/aromatic N) is 2. The average Bonchev–Trinajstić information content (AvgIpc) is 3.75. The number of rotatable bonds is 8. The Morgan fingerprint density at radius 3 is 2.54 bits per heavy atom. The molecule has 210 valence electrons. The summed E-state index contributed by atoms with van der Waals surface area (Å²) in [5, 5.41) is 10.8. The van der Waals surface area contributed by atoms with Crippen molar-refractivity contribution >= 4 is 20.5 Å². The highest BCUT2D eigenvalue weighted by atomic mass is 31.0. The van der Waals surface area contributed by atoms with E-state index < -0.39 is 11.4 Å². The molecule has 2 aromatic carbocycles. The second-order valence-corrected chi connectivity index (χ2v) is 13.2. The van der Waals surface area contributed by atoms with Gasteiger partial charge in [0, 0.05) is 43.7 Å². The molecule has 2 N–H and O–H groups in total. The number of aliphatic carboxylic acids is 1. The maximum Gasteiger partial charge on any atom is 0.309 e. The zero-order chi connectivity index (χ0) is 27.2. The van der Waals surface area contributed by atoms with Gasteiger partial charge in [-0.15, -0.1) is 9.24 Å². The van der Waals surface area contributed by atoms with Crippen LogP contribution in [0.25, 0.3) is 11.1 Å². The van der Waals surface area contributed by atoms with E-state index in [-0.39, 0.29) is 11.6 Å². The fourth-order valence-corrected chi connectivity index (χ4v) is 6.97. The maximum atomic E-state index is 11.7. The largest absolute Gasteiger partial charge is 0.493 e. The van der Waals surface area contributed by atoms with Crippen LogP contribution in [0.2, 0.25) is 0 Å². The normalized spacial score (nSPS) is 24.8. The molecule has 4 fully saturated rings. The van der Waals surface area contributed by atoms with Crippen LogP contribution >= 0.6 is 9.24 Å². The predicted molar refractivity (Wildman–Crippen MR) is 156 cm³/mol. The first kappa shape index (κ1) is 27.2. The minimum Gasteiger partial charge on any atom is -0.493 e. The third-order valence-electron chi connectivity index (χ3n) is 9.32. The molecule has 3 aliphatic heterocycles. The SMILES string of the molecule is CCOc1cc(CN2CC3(CONC(N4CCC(C)(C(=O)O)CC4)C3)C2)cc(C2CC2)c1-c1ccc(P)cc1. The molecule has 3 saturated heterocycles. The summed E-state index contributed by atoms with van der Waals surface area (Å²) in [7, 11) is 2.77. The number of hydrogen-bond acceptors (Lipinski definition) is 6. The second kappa shape index (κ2) is 10.8. The van der Waals surface area contributed by atoms with Crippen molar-refractivity contribution in [3.05, 3.63) is 47.5 Å². The second-order valence-electron chi connectivity index (χ2n) is 12.6. The first-order chi connectivity index (χ1) is 18.8. The molecule has 2 atom stereocenters. The molecule has 1 aliphatic carbocycles. The molecule has 1 saturated carbocycles. The van der Waals surface area contributed by atoms with Gasteiger partial charge in [0.25, 0.3) is 0 Å². The van der Waals surface area contributed by atoms with Gasteiger partial charge in [-0.25, -0.2) is 0 Å². The van der Waals surface area contributed by atoms with Gasteiger partial charge in [0.15, 0.2) is 0 Å². The summed E-state index contributed by atoms with van der Waals surface area (Å²) < 4.78 is 6.24. The van der Waals surface area contributed by atoms with Crippen LogP contribution in [-0.2, 0) is 16.2 Å². The summed E-state index contributed by atoms with van der Waals surface area (Å²) in [6.07, 6.45) is 5.06. The molecule has 3 heterocycles. The van der Waals surface area contributed by atoms with Crippen LogP contribution in [0, 0.1) is 10.8 Å². The smallest absolute Gasteiger partial charge is 0.309 e. The van der Waals surface area contributed by atoms with Crippen molar-refractivity contribution in [2.24, 2.45) is 10.8 Å². The van der Waals surface area contributed by atoms with Gasteiger partial charge in [0.05, 0.1) is 24.8 Å². The monoisotopic (exact) mass is 551 g/mol. The van der Waals surface area contributed by atoms with E-state index in [1.807, 2.05) is 6.92 Å². The molecule has 0 bridgehead atoms. The third kappa shape index (κ3) is 5.62. The van der Waals surface area contributed by atoms with E-state index in [0.717, 1.165) is 51.5 Å². The van der Waals surface area contributed by atoms with Crippen molar-refractivity contribution in [2.45, 2.75) is 64.6 Å². The van der Waals surface area contributed by atoms with E-state index in [1.165, 1.54) is 40.4 Å². The van der Waals surface area contributed by atoms with Crippen LogP contribution in [0.4, 0.5) is 0 Å². The summed E-state index contributed by atoms with van der Waals surface area (Å²) in [5.74, 6) is 0.959. The summed E-state index contributed by atoms with van der Waals surface area (Å²) in [6, 6.07) is 13.4. The first-order valence-corrected chi connectivity index (χ1v) is 15.1. The number of hydrogen-bond donors (Lipinski definition) is 2. The van der Waals surface area contributed by atoms with Gasteiger partial charge in [0.1, 0.15) is 5.75 Å². The molecule has 8 heteroatoms. The molecule has 7 nitrogen and oxygen atoms in total. The lowest BCUT2D eigenvalue weighted by molar-refractivity contribution is -0.184. The molecular weight excluding hydrogens is 509 g/mol. The van der Waals surface area contributed by atoms with Crippen molar-refractivity contribution in [1.29, 1.82) is 0 Å². The van der Waals surface area contributed by atoms with Gasteiger partial charge in [-0.05, 0) is 79.9 Å². The van der Waals surface area contributed by atoms with Crippen LogP contribution < -0.4 is 15.5 Å². The van der Waals surface area contributed by atoms with Crippen LogP contribution in [-0.4, -0.2) is 66.4 Å². The van der Waals surface area contributed by atoms with Gasteiger partial charge in [0.2, 0.25) is 0 Å². The van der Waals surface area contributed by atoms with Crippen LogP contribution in [0.1, 0.15) is 63.0 Å². The summed E-state index contributed by atoms with van der Waals surface area (Å²) in [6.45, 7) is 9.87. The van der Waals surface area contributed by atoms with Gasteiger partial charge in [-0.3, -0.25) is 19.4 Å². The highest BCUT2D eigenvalue weighted by molar-refractivity contribution is 7.27. The number of hydroxylamine groups is 1. The average molecular weight is 552 g/mol. The van der Waals surface area contributed by atoms with Crippen LogP contribution in [0.3, 0.4) is 0 Å². The van der Waals surface area contributed by atoms with Crippen LogP contribution in [0.5, 0.6) is 5.75 Å². The van der Waals surface area contributed by atoms with Gasteiger partial charge in [-0.1, -0.05) is 30.3 Å². The van der Waals surface area contributed by atoms with E-state index in [1.54, 1.807) is 0 Å². The number of ether oxygens (including phenoxy) is 1. The number of likely N-dealkylation sites (tertiary alicyclic amines) is 2. The Morgan fingerprint density at radius 1 is 1.18 bits per heavy atom. The quantitative estimate of drug-likeness (QED) is 0.472. The highest BCUT2D eigenvalue weighted by Gasteiger charge is 2.49. The Morgan fingerprint density at radius 2 is 1.90 bits per heavy atom. The molecule has 4 aliphatic rings. The molecule has 0 amide bonds. The number of benzene rings is 2. The first-order valence-electron chi connectivity index (χ1n) is 14.5. The number of nitrogens with one attached hydrogen (secondary N) is 1. The Hall–Kier alpha value is -2.02. The van der Waals surface area contributed by atoms with Gasteiger partial charge < -0.3 is 9.84 Å². The standard InChI is InChI=1S/C31H42N3O4P/c1-3-37-26-15-21(14-25(22-4-5-22)28(26)23-6-8-24(39)9-7-23)17-33-18-31(19-33)16-27(32-38-20-31)34-12-10-30(2,11-13-34)29(35)36/h6-9,14-15,22,27,32H,3-5,10-13,16-20,39H2,1-2H3,(H,35,36). The topological polar surface area (TPSA) is 74.3 Å².